The Labute approximate surface area is 111 Å². The molecule has 0 fully saturated rings. The molecule has 98 valence electrons. The maximum absolute atomic E-state index is 11.5. The van der Waals surface area contributed by atoms with E-state index in [4.69, 9.17) is 0 Å². The van der Waals surface area contributed by atoms with Crippen molar-refractivity contribution < 1.29 is 15.1 Å². The monoisotopic (exact) mass is 257 g/mol. The molecule has 0 bridgehead atoms. The van der Waals surface area contributed by atoms with Crippen molar-refractivity contribution in [2.24, 2.45) is 0 Å². The van der Waals surface area contributed by atoms with E-state index in [0.29, 0.717) is 5.57 Å². The van der Waals surface area contributed by atoms with E-state index < -0.39 is 0 Å². The van der Waals surface area contributed by atoms with Gasteiger partial charge in [0, 0.05) is 11.8 Å². The van der Waals surface area contributed by atoms with Crippen LogP contribution in [-0.2, 0) is 11.3 Å². The lowest BCUT2D eigenvalue weighted by Gasteiger charge is -2.14. The zero-order chi connectivity index (χ0) is 13.8. The molecule has 4 heteroatoms. The van der Waals surface area contributed by atoms with E-state index >= 15 is 0 Å². The summed E-state index contributed by atoms with van der Waals surface area (Å²) in [5.41, 5.74) is 1.95. The van der Waals surface area contributed by atoms with Crippen LogP contribution in [0.25, 0.3) is 0 Å². The molecule has 2 N–H and O–H groups in total. The fourth-order valence-corrected chi connectivity index (χ4v) is 1.73. The van der Waals surface area contributed by atoms with Crippen LogP contribution in [0.1, 0.15) is 11.1 Å². The Balaban J connectivity index is 2.09. The number of carbonyl (C=O) groups is 1. The summed E-state index contributed by atoms with van der Waals surface area (Å²) in [5.74, 6) is 0.0448. The van der Waals surface area contributed by atoms with Crippen molar-refractivity contribution in [3.8, 4) is 5.75 Å². The van der Waals surface area contributed by atoms with Crippen molar-refractivity contribution in [1.82, 2.24) is 5.06 Å². The number of benzene rings is 1. The molecule has 1 aromatic rings. The Morgan fingerprint density at radius 1 is 1.26 bits per heavy atom. The first-order chi connectivity index (χ1) is 9.06. The van der Waals surface area contributed by atoms with Gasteiger partial charge in [-0.25, -0.2) is 0 Å². The van der Waals surface area contributed by atoms with Crippen molar-refractivity contribution in [1.29, 1.82) is 0 Å². The number of aryl methyl sites for hydroxylation is 1. The number of phenolic OH excluding ortho intramolecular Hbond substituents is 1. The fraction of sp³-hybridized carbons (Fsp3) is 0.133. The normalized spacial score (nSPS) is 16.1. The molecule has 0 saturated carbocycles. The number of allylic oxidation sites excluding steroid dienone is 5. The van der Waals surface area contributed by atoms with Gasteiger partial charge in [0.25, 0.3) is 0 Å². The number of hydroxylamine groups is 2. The van der Waals surface area contributed by atoms with Crippen LogP contribution in [0, 0.1) is 6.92 Å². The quantitative estimate of drug-likeness (QED) is 0.645. The Hall–Kier alpha value is -2.33. The second-order valence-electron chi connectivity index (χ2n) is 4.39. The minimum Gasteiger partial charge on any atom is -0.508 e. The van der Waals surface area contributed by atoms with Gasteiger partial charge in [0.15, 0.2) is 5.78 Å². The van der Waals surface area contributed by atoms with Gasteiger partial charge in [0.1, 0.15) is 5.75 Å². The summed E-state index contributed by atoms with van der Waals surface area (Å²) in [4.78, 5) is 11.5. The number of carbonyl (C=O) groups excluding carboxylic acids is 1. The third-order valence-electron chi connectivity index (χ3n) is 2.83. The minimum atomic E-state index is -0.145. The SMILES string of the molecule is Cc1ccc(CN(O)C=C2C=CC=CC2=O)cc1O. The lowest BCUT2D eigenvalue weighted by molar-refractivity contribution is -0.111. The molecule has 1 aromatic carbocycles. The van der Waals surface area contributed by atoms with Gasteiger partial charge >= 0.3 is 0 Å². The number of rotatable bonds is 3. The molecule has 0 radical (unpaired) electrons. The summed E-state index contributed by atoms with van der Waals surface area (Å²) in [6, 6.07) is 5.19. The highest BCUT2D eigenvalue weighted by Gasteiger charge is 2.08. The number of hydrogen-bond donors (Lipinski definition) is 2. The van der Waals surface area contributed by atoms with Crippen LogP contribution in [-0.4, -0.2) is 21.2 Å². The number of hydrogen-bond acceptors (Lipinski definition) is 4. The zero-order valence-electron chi connectivity index (χ0n) is 10.6. The van der Waals surface area contributed by atoms with Crippen molar-refractivity contribution in [2.45, 2.75) is 13.5 Å². The molecule has 0 heterocycles. The maximum Gasteiger partial charge on any atom is 0.187 e. The van der Waals surface area contributed by atoms with Crippen molar-refractivity contribution >= 4 is 5.78 Å². The number of aromatic hydroxyl groups is 1. The van der Waals surface area contributed by atoms with Gasteiger partial charge in [0.2, 0.25) is 0 Å². The molecule has 0 aliphatic heterocycles. The number of phenols is 1. The summed E-state index contributed by atoms with van der Waals surface area (Å²) < 4.78 is 0. The second-order valence-corrected chi connectivity index (χ2v) is 4.39. The lowest BCUT2D eigenvalue weighted by atomic mass is 10.1. The second kappa shape index (κ2) is 5.54. The van der Waals surface area contributed by atoms with E-state index in [1.165, 1.54) is 12.3 Å². The standard InChI is InChI=1S/C15H15NO3/c1-11-6-7-12(8-15(11)18)9-16(19)10-13-4-2-3-5-14(13)17/h2-8,10,18-19H,9H2,1H3. The molecule has 1 aliphatic rings. The van der Waals surface area contributed by atoms with E-state index in [2.05, 4.69) is 0 Å². The maximum atomic E-state index is 11.5. The summed E-state index contributed by atoms with van der Waals surface area (Å²) >= 11 is 0. The van der Waals surface area contributed by atoms with E-state index in [9.17, 15) is 15.1 Å². The van der Waals surface area contributed by atoms with Gasteiger partial charge in [-0.1, -0.05) is 24.3 Å². The van der Waals surface area contributed by atoms with Crippen LogP contribution < -0.4 is 0 Å². The van der Waals surface area contributed by atoms with Gasteiger partial charge in [-0.05, 0) is 36.3 Å². The van der Waals surface area contributed by atoms with Gasteiger partial charge < -0.3 is 5.11 Å². The Bertz CT molecular complexity index is 585. The molecule has 1 aliphatic carbocycles. The van der Waals surface area contributed by atoms with Gasteiger partial charge in [-0.2, -0.15) is 0 Å². The summed E-state index contributed by atoms with van der Waals surface area (Å²) in [6.45, 7) is 2.00. The smallest absolute Gasteiger partial charge is 0.187 e. The van der Waals surface area contributed by atoms with Gasteiger partial charge in [-0.3, -0.25) is 15.1 Å². The van der Waals surface area contributed by atoms with Gasteiger partial charge in [0.05, 0.1) is 6.54 Å². The predicted molar refractivity (Wildman–Crippen MR) is 71.5 cm³/mol. The van der Waals surface area contributed by atoms with Crippen molar-refractivity contribution in [3.05, 3.63) is 65.4 Å². The number of nitrogens with zero attached hydrogens (tertiary/aromatic N) is 1. The molecule has 2 rings (SSSR count). The highest BCUT2D eigenvalue weighted by Crippen LogP contribution is 2.18. The number of ketones is 1. The highest BCUT2D eigenvalue weighted by atomic mass is 16.5. The first kappa shape index (κ1) is 13.1. The average molecular weight is 257 g/mol. The van der Waals surface area contributed by atoms with Crippen LogP contribution in [0.3, 0.4) is 0 Å². The van der Waals surface area contributed by atoms with Crippen LogP contribution in [0.5, 0.6) is 5.75 Å². The van der Waals surface area contributed by atoms with Crippen LogP contribution in [0.2, 0.25) is 0 Å². The summed E-state index contributed by atoms with van der Waals surface area (Å²) in [6.07, 6.45) is 7.84. The van der Waals surface area contributed by atoms with Crippen LogP contribution in [0.4, 0.5) is 0 Å². The predicted octanol–water partition coefficient (Wildman–Crippen LogP) is 2.47. The topological polar surface area (TPSA) is 60.8 Å². The molecule has 0 spiro atoms. The molecule has 0 aromatic heterocycles. The minimum absolute atomic E-state index is 0.145. The molecular formula is C15H15NO3. The van der Waals surface area contributed by atoms with Gasteiger partial charge in [-0.15, -0.1) is 0 Å². The van der Waals surface area contributed by atoms with Crippen molar-refractivity contribution in [3.63, 3.8) is 0 Å². The molecule has 4 nitrogen and oxygen atoms in total. The Morgan fingerprint density at radius 2 is 2.00 bits per heavy atom. The largest absolute Gasteiger partial charge is 0.508 e. The first-order valence-corrected chi connectivity index (χ1v) is 5.91. The van der Waals surface area contributed by atoms with Crippen LogP contribution in [0.15, 0.2) is 54.3 Å². The Kier molecular flexibility index (Phi) is 3.82. The fourth-order valence-electron chi connectivity index (χ4n) is 1.73. The third kappa shape index (κ3) is 3.33. The van der Waals surface area contributed by atoms with E-state index in [1.807, 2.05) is 6.07 Å². The first-order valence-electron chi connectivity index (χ1n) is 5.91. The van der Waals surface area contributed by atoms with Crippen molar-refractivity contribution in [2.75, 3.05) is 0 Å². The molecule has 0 unspecified atom stereocenters. The van der Waals surface area contributed by atoms with E-state index in [0.717, 1.165) is 16.2 Å². The van der Waals surface area contributed by atoms with E-state index in [-0.39, 0.29) is 18.1 Å². The third-order valence-corrected chi connectivity index (χ3v) is 2.83. The Morgan fingerprint density at radius 3 is 2.68 bits per heavy atom. The molecule has 0 atom stereocenters. The molecule has 0 saturated heterocycles. The van der Waals surface area contributed by atoms with E-state index in [1.54, 1.807) is 37.3 Å². The zero-order valence-corrected chi connectivity index (χ0v) is 10.6. The summed E-state index contributed by atoms with van der Waals surface area (Å²) in [5, 5.41) is 20.3. The average Bonchev–Trinajstić information content (AvgIpc) is 2.37. The van der Waals surface area contributed by atoms with Crippen LogP contribution >= 0.6 is 0 Å². The molecule has 0 amide bonds. The highest BCUT2D eigenvalue weighted by molar-refractivity contribution is 6.07. The lowest BCUT2D eigenvalue weighted by Crippen LogP contribution is -2.14. The molecule has 19 heavy (non-hydrogen) atoms. The summed E-state index contributed by atoms with van der Waals surface area (Å²) in [7, 11) is 0. The molecular weight excluding hydrogens is 242 g/mol.